The normalized spacial score (nSPS) is 13.3. The highest BCUT2D eigenvalue weighted by Crippen LogP contribution is 2.18. The van der Waals surface area contributed by atoms with Gasteiger partial charge >= 0.3 is 0 Å². The van der Waals surface area contributed by atoms with Crippen LogP contribution in [0.25, 0.3) is 0 Å². The quantitative estimate of drug-likeness (QED) is 0.255. The van der Waals surface area contributed by atoms with Gasteiger partial charge in [-0.3, -0.25) is 0 Å². The number of allylic oxidation sites excluding steroid dienone is 2. The van der Waals surface area contributed by atoms with Crippen molar-refractivity contribution in [1.82, 2.24) is 0 Å². The van der Waals surface area contributed by atoms with Gasteiger partial charge in [0.2, 0.25) is 0 Å². The molecule has 0 aromatic rings. The van der Waals surface area contributed by atoms with Crippen molar-refractivity contribution in [2.45, 2.75) is 110 Å². The summed E-state index contributed by atoms with van der Waals surface area (Å²) in [6.07, 6.45) is 21.8. The summed E-state index contributed by atoms with van der Waals surface area (Å²) in [4.78, 5) is 0. The van der Waals surface area contributed by atoms with Crippen LogP contribution in [0.4, 0.5) is 0 Å². The summed E-state index contributed by atoms with van der Waals surface area (Å²) >= 11 is 0. The monoisotopic (exact) mass is 325 g/mol. The average Bonchev–Trinajstić information content (AvgIpc) is 2.55. The third-order valence-corrected chi connectivity index (χ3v) is 4.41. The predicted octanol–water partition coefficient (Wildman–Crippen LogP) is 5.97. The fraction of sp³-hybridized carbons (Fsp3) is 0.857. The lowest BCUT2D eigenvalue weighted by Gasteiger charge is -2.13. The molecule has 0 fully saturated rings. The van der Waals surface area contributed by atoms with Crippen LogP contribution in [-0.4, -0.2) is 22.9 Å². The van der Waals surface area contributed by atoms with E-state index in [1.165, 1.54) is 83.0 Å². The van der Waals surface area contributed by atoms with Gasteiger partial charge in [0, 0.05) is 0 Å². The van der Waals surface area contributed by atoms with E-state index in [1.807, 2.05) is 0 Å². The van der Waals surface area contributed by atoms with Gasteiger partial charge in [-0.05, 0) is 44.4 Å². The summed E-state index contributed by atoms with van der Waals surface area (Å²) < 4.78 is 0. The Hall–Kier alpha value is -0.340. The Morgan fingerprint density at radius 2 is 1.35 bits per heavy atom. The molecule has 0 aromatic heterocycles. The van der Waals surface area contributed by atoms with E-state index in [4.69, 9.17) is 5.11 Å². The van der Waals surface area contributed by atoms with Crippen LogP contribution in [0.5, 0.6) is 0 Å². The zero-order chi connectivity index (χ0) is 17.2. The number of unbranched alkanes of at least 4 members (excludes halogenated alkanes) is 10. The molecule has 0 aliphatic rings. The first-order valence-electron chi connectivity index (χ1n) is 9.95. The van der Waals surface area contributed by atoms with Crippen molar-refractivity contribution in [2.75, 3.05) is 6.61 Å². The maximum absolute atomic E-state index is 9.37. The highest BCUT2D eigenvalue weighted by molar-refractivity contribution is 4.86. The molecule has 2 heteroatoms. The molecule has 0 spiro atoms. The van der Waals surface area contributed by atoms with Crippen molar-refractivity contribution in [3.05, 3.63) is 18.1 Å². The molecule has 0 aromatic carbocycles. The Morgan fingerprint density at radius 3 is 1.91 bits per heavy atom. The molecule has 1 atom stereocenters. The van der Waals surface area contributed by atoms with Crippen LogP contribution < -0.4 is 0 Å². The molecule has 1 unspecified atom stereocenters. The molecule has 0 rings (SSSR count). The first kappa shape index (κ1) is 22.7. The Balaban J connectivity index is 3.22. The van der Waals surface area contributed by atoms with Gasteiger partial charge in [-0.1, -0.05) is 77.4 Å². The van der Waals surface area contributed by atoms with Crippen LogP contribution in [0.3, 0.4) is 0 Å². The minimum atomic E-state index is -0.563. The van der Waals surface area contributed by atoms with Crippen molar-refractivity contribution >= 4 is 0 Å². The van der Waals surface area contributed by atoms with Gasteiger partial charge in [0.05, 0.1) is 12.7 Å². The minimum absolute atomic E-state index is 0.123. The van der Waals surface area contributed by atoms with Gasteiger partial charge in [0.25, 0.3) is 0 Å². The minimum Gasteiger partial charge on any atom is -0.394 e. The van der Waals surface area contributed by atoms with Crippen molar-refractivity contribution in [2.24, 2.45) is 0 Å². The summed E-state index contributed by atoms with van der Waals surface area (Å²) in [6, 6.07) is 0. The first-order chi connectivity index (χ1) is 11.2. The second-order valence-electron chi connectivity index (χ2n) is 6.98. The topological polar surface area (TPSA) is 40.5 Å². The molecule has 0 saturated heterocycles. The second-order valence-corrected chi connectivity index (χ2v) is 6.98. The third-order valence-electron chi connectivity index (χ3n) is 4.41. The van der Waals surface area contributed by atoms with Crippen LogP contribution in [-0.2, 0) is 0 Å². The van der Waals surface area contributed by atoms with E-state index in [0.717, 1.165) is 6.42 Å². The van der Waals surface area contributed by atoms with Gasteiger partial charge in [-0.25, -0.2) is 0 Å². The van der Waals surface area contributed by atoms with E-state index in [-0.39, 0.29) is 6.61 Å². The molecule has 1 radical (unpaired) electrons. The smallest absolute Gasteiger partial charge is 0.0776 e. The van der Waals surface area contributed by atoms with E-state index in [2.05, 4.69) is 26.0 Å². The standard InChI is InChI=1S/C21H41O2/c1-3-4-5-6-7-8-9-10-11-12-13-14-15-16-17-20(2)18-21(23)19-22/h10-11,21-23H,3-9,12-19H2,1-2H3/b11-10-. The fourth-order valence-corrected chi connectivity index (χ4v) is 2.89. The van der Waals surface area contributed by atoms with E-state index < -0.39 is 6.10 Å². The van der Waals surface area contributed by atoms with Gasteiger partial charge < -0.3 is 10.2 Å². The second kappa shape index (κ2) is 18.0. The maximum atomic E-state index is 9.37. The van der Waals surface area contributed by atoms with Gasteiger partial charge in [-0.2, -0.15) is 0 Å². The summed E-state index contributed by atoms with van der Waals surface area (Å²) in [7, 11) is 0. The molecule has 0 heterocycles. The molecule has 137 valence electrons. The van der Waals surface area contributed by atoms with Crippen molar-refractivity contribution in [1.29, 1.82) is 0 Å². The van der Waals surface area contributed by atoms with E-state index in [1.54, 1.807) is 0 Å². The Labute approximate surface area is 145 Å². The van der Waals surface area contributed by atoms with E-state index >= 15 is 0 Å². The summed E-state index contributed by atoms with van der Waals surface area (Å²) in [6.45, 7) is 4.23. The largest absolute Gasteiger partial charge is 0.394 e. The number of rotatable bonds is 17. The van der Waals surface area contributed by atoms with E-state index in [0.29, 0.717) is 6.42 Å². The van der Waals surface area contributed by atoms with Crippen molar-refractivity contribution < 1.29 is 10.2 Å². The van der Waals surface area contributed by atoms with E-state index in [9.17, 15) is 5.11 Å². The highest BCUT2D eigenvalue weighted by atomic mass is 16.3. The molecule has 23 heavy (non-hydrogen) atoms. The third kappa shape index (κ3) is 17.8. The van der Waals surface area contributed by atoms with Gasteiger partial charge in [-0.15, -0.1) is 0 Å². The van der Waals surface area contributed by atoms with Crippen LogP contribution >= 0.6 is 0 Å². The average molecular weight is 326 g/mol. The molecular formula is C21H41O2. The number of aliphatic hydroxyl groups is 2. The molecule has 0 aliphatic carbocycles. The summed E-state index contributed by atoms with van der Waals surface area (Å²) in [5, 5.41) is 18.2. The molecule has 0 aliphatic heterocycles. The predicted molar refractivity (Wildman–Crippen MR) is 101 cm³/mol. The molecule has 2 nitrogen and oxygen atoms in total. The first-order valence-corrected chi connectivity index (χ1v) is 9.95. The Bertz CT molecular complexity index is 250. The molecule has 0 amide bonds. The zero-order valence-corrected chi connectivity index (χ0v) is 15.7. The molecule has 2 N–H and O–H groups in total. The number of hydrogen-bond acceptors (Lipinski definition) is 2. The van der Waals surface area contributed by atoms with Crippen LogP contribution in [0.15, 0.2) is 12.2 Å². The van der Waals surface area contributed by atoms with Crippen molar-refractivity contribution in [3.63, 3.8) is 0 Å². The SMILES string of the molecule is CCCCCCCC/C=C\CCCCCC[C](C)CC(O)CO. The lowest BCUT2D eigenvalue weighted by molar-refractivity contribution is 0.0903. The Morgan fingerprint density at radius 1 is 0.826 bits per heavy atom. The Kier molecular flexibility index (Phi) is 17.7. The number of hydrogen-bond donors (Lipinski definition) is 2. The maximum Gasteiger partial charge on any atom is 0.0776 e. The van der Waals surface area contributed by atoms with Crippen LogP contribution in [0.1, 0.15) is 104 Å². The molecular weight excluding hydrogens is 284 g/mol. The lowest BCUT2D eigenvalue weighted by Crippen LogP contribution is -2.14. The van der Waals surface area contributed by atoms with Crippen molar-refractivity contribution in [3.8, 4) is 0 Å². The van der Waals surface area contributed by atoms with Crippen LogP contribution in [0, 0.1) is 5.92 Å². The highest BCUT2D eigenvalue weighted by Gasteiger charge is 2.09. The van der Waals surface area contributed by atoms with Gasteiger partial charge in [0.15, 0.2) is 0 Å². The summed E-state index contributed by atoms with van der Waals surface area (Å²) in [5.74, 6) is 1.31. The molecule has 0 saturated carbocycles. The van der Waals surface area contributed by atoms with Crippen LogP contribution in [0.2, 0.25) is 0 Å². The zero-order valence-electron chi connectivity index (χ0n) is 15.7. The lowest BCUT2D eigenvalue weighted by atomic mass is 9.96. The summed E-state index contributed by atoms with van der Waals surface area (Å²) in [5.41, 5.74) is 0. The fourth-order valence-electron chi connectivity index (χ4n) is 2.89. The van der Waals surface area contributed by atoms with Gasteiger partial charge in [0.1, 0.15) is 0 Å². The number of aliphatic hydroxyl groups excluding tert-OH is 2. The molecule has 0 bridgehead atoms.